The molecule has 232 valence electrons. The highest BCUT2D eigenvalue weighted by molar-refractivity contribution is 6.28. The molecule has 0 saturated heterocycles. The van der Waals surface area contributed by atoms with Gasteiger partial charge in [0.05, 0.1) is 12.4 Å². The Morgan fingerprint density at radius 3 is 1.44 bits per heavy atom. The Labute approximate surface area is 265 Å². The maximum Gasteiger partial charge on any atom is 0.237 e. The molecule has 0 fully saturated rings. The average Bonchev–Trinajstić information content (AvgIpc) is 3.08. The van der Waals surface area contributed by atoms with Gasteiger partial charge in [0.1, 0.15) is 11.4 Å². The lowest BCUT2D eigenvalue weighted by molar-refractivity contribution is 0.618. The minimum Gasteiger partial charge on any atom is -0.292 e. The number of hydrazine groups is 2. The second-order valence-corrected chi connectivity index (χ2v) is 8.86. The molecule has 45 heavy (non-hydrogen) atoms. The van der Waals surface area contributed by atoms with Crippen LogP contribution in [0.15, 0.2) is 110 Å². The van der Waals surface area contributed by atoms with E-state index >= 15 is 0 Å². The summed E-state index contributed by atoms with van der Waals surface area (Å²) in [4.78, 5) is 23.6. The maximum atomic E-state index is 13.9. The number of benzene rings is 2. The third kappa shape index (κ3) is 9.36. The van der Waals surface area contributed by atoms with Crippen molar-refractivity contribution in [3.05, 3.63) is 127 Å². The van der Waals surface area contributed by atoms with Gasteiger partial charge in [-0.2, -0.15) is 0 Å². The lowest BCUT2D eigenvalue weighted by Gasteiger charge is -2.07. The second kappa shape index (κ2) is 17.8. The van der Waals surface area contributed by atoms with Gasteiger partial charge >= 0.3 is 0 Å². The molecule has 10 nitrogen and oxygen atoms in total. The van der Waals surface area contributed by atoms with E-state index in [2.05, 4.69) is 47.0 Å². The number of nitrogen functional groups attached to an aromatic ring is 1. The van der Waals surface area contributed by atoms with Crippen molar-refractivity contribution < 1.29 is 8.78 Å². The highest BCUT2D eigenvalue weighted by atomic mass is 35.5. The van der Waals surface area contributed by atoms with Gasteiger partial charge in [0, 0.05) is 47.0 Å². The van der Waals surface area contributed by atoms with Gasteiger partial charge in [-0.1, -0.05) is 75.5 Å². The standard InChI is InChI=1S/C15H9ClFN3.C15H12FN5.2CH4.H4N2/c16-15-19-9-13(17)14(20-15)12-6-11(7-18-8-12)10-4-2-1-3-5-10;16-13-9-19-15(21-17)20-14(13)12-6-11(7-18-8-12)10-4-2-1-3-5-10;;;1-2/h1-9H;1-9H,17H2,(H,19,20,21);2*1H4;1-2H2. The van der Waals surface area contributed by atoms with Crippen LogP contribution in [-0.2, 0) is 0 Å². The zero-order valence-electron chi connectivity index (χ0n) is 22.4. The molecule has 0 atom stereocenters. The predicted molar refractivity (Wildman–Crippen MR) is 176 cm³/mol. The Morgan fingerprint density at radius 2 is 0.978 bits per heavy atom. The van der Waals surface area contributed by atoms with Gasteiger partial charge < -0.3 is 0 Å². The number of hydrogen-bond donors (Lipinski definition) is 4. The molecule has 6 rings (SSSR count). The average molecular weight is 631 g/mol. The van der Waals surface area contributed by atoms with E-state index in [9.17, 15) is 8.78 Å². The quantitative estimate of drug-likeness (QED) is 0.0911. The fraction of sp³-hybridized carbons (Fsp3) is 0.0625. The van der Waals surface area contributed by atoms with Crippen LogP contribution in [0.3, 0.4) is 0 Å². The number of halogens is 3. The Balaban J connectivity index is 0.000000285. The van der Waals surface area contributed by atoms with Crippen LogP contribution in [0.1, 0.15) is 14.9 Å². The molecule has 0 amide bonds. The van der Waals surface area contributed by atoms with Crippen LogP contribution >= 0.6 is 11.6 Å². The van der Waals surface area contributed by atoms with E-state index in [1.165, 1.54) is 0 Å². The normalized spacial score (nSPS) is 9.64. The Morgan fingerprint density at radius 1 is 0.556 bits per heavy atom. The van der Waals surface area contributed by atoms with Crippen molar-refractivity contribution in [2.45, 2.75) is 14.9 Å². The molecule has 0 aliphatic rings. The fourth-order valence-corrected chi connectivity index (χ4v) is 4.04. The van der Waals surface area contributed by atoms with Crippen molar-refractivity contribution in [2.75, 3.05) is 5.43 Å². The molecule has 0 bridgehead atoms. The number of anilines is 1. The number of pyridine rings is 2. The molecule has 6 aromatic rings. The van der Waals surface area contributed by atoms with Crippen molar-refractivity contribution in [2.24, 2.45) is 17.5 Å². The first kappa shape index (κ1) is 35.9. The van der Waals surface area contributed by atoms with Crippen molar-refractivity contribution in [1.29, 1.82) is 0 Å². The van der Waals surface area contributed by atoms with Gasteiger partial charge in [0.15, 0.2) is 11.6 Å². The summed E-state index contributed by atoms with van der Waals surface area (Å²) in [5.74, 6) is 12.4. The van der Waals surface area contributed by atoms with Crippen molar-refractivity contribution in [3.63, 3.8) is 0 Å². The topological polar surface area (TPSA) is 167 Å². The summed E-state index contributed by atoms with van der Waals surface area (Å²) >= 11 is 5.71. The van der Waals surface area contributed by atoms with E-state index in [-0.39, 0.29) is 37.5 Å². The van der Waals surface area contributed by atoms with E-state index in [0.29, 0.717) is 11.1 Å². The Kier molecular flexibility index (Phi) is 14.2. The SMILES string of the molecule is C.C.Fc1cnc(Cl)nc1-c1cncc(-c2ccccc2)c1.NN.NNc1ncc(F)c(-c2cncc(-c3ccccc3)c2)n1. The van der Waals surface area contributed by atoms with Gasteiger partial charge in [-0.25, -0.2) is 34.6 Å². The van der Waals surface area contributed by atoms with Crippen LogP contribution in [0, 0.1) is 11.6 Å². The molecule has 13 heteroatoms. The van der Waals surface area contributed by atoms with Crippen LogP contribution in [0.25, 0.3) is 44.8 Å². The van der Waals surface area contributed by atoms with Crippen LogP contribution in [0.4, 0.5) is 14.7 Å². The number of nitrogens with one attached hydrogen (secondary N) is 1. The monoisotopic (exact) mass is 630 g/mol. The maximum absolute atomic E-state index is 13.9. The molecule has 0 spiro atoms. The molecule has 0 aliphatic carbocycles. The summed E-state index contributed by atoms with van der Waals surface area (Å²) in [6.07, 6.45) is 8.68. The van der Waals surface area contributed by atoms with Gasteiger partial charge in [0.25, 0.3) is 0 Å². The van der Waals surface area contributed by atoms with E-state index in [1.807, 2.05) is 72.8 Å². The highest BCUT2D eigenvalue weighted by Gasteiger charge is 2.12. The first-order valence-corrected chi connectivity index (χ1v) is 12.9. The van der Waals surface area contributed by atoms with E-state index in [4.69, 9.17) is 17.4 Å². The first-order valence-electron chi connectivity index (χ1n) is 12.5. The lowest BCUT2D eigenvalue weighted by Crippen LogP contribution is -2.11. The molecule has 2 aromatic carbocycles. The van der Waals surface area contributed by atoms with Crippen LogP contribution < -0.4 is 23.0 Å². The minimum atomic E-state index is -0.527. The highest BCUT2D eigenvalue weighted by Crippen LogP contribution is 2.27. The number of aromatic nitrogens is 6. The zero-order chi connectivity index (χ0) is 30.6. The zero-order valence-corrected chi connectivity index (χ0v) is 23.2. The first-order chi connectivity index (χ1) is 21.0. The minimum absolute atomic E-state index is 0. The number of nitrogens with two attached hydrogens (primary N) is 3. The molecular formula is C32H33ClF2N10. The molecule has 7 N–H and O–H groups in total. The van der Waals surface area contributed by atoms with Crippen LogP contribution in [0.5, 0.6) is 0 Å². The van der Waals surface area contributed by atoms with Gasteiger partial charge in [-0.3, -0.25) is 27.1 Å². The summed E-state index contributed by atoms with van der Waals surface area (Å²) in [6, 6.07) is 23.1. The van der Waals surface area contributed by atoms with Crippen molar-refractivity contribution in [1.82, 2.24) is 29.9 Å². The predicted octanol–water partition coefficient (Wildman–Crippen LogP) is 6.72. The van der Waals surface area contributed by atoms with Gasteiger partial charge in [-0.15, -0.1) is 0 Å². The fourth-order valence-electron chi connectivity index (χ4n) is 3.90. The molecular weight excluding hydrogens is 598 g/mol. The Bertz CT molecular complexity index is 1780. The largest absolute Gasteiger partial charge is 0.292 e. The smallest absolute Gasteiger partial charge is 0.237 e. The number of hydrogen-bond acceptors (Lipinski definition) is 10. The van der Waals surface area contributed by atoms with Gasteiger partial charge in [-0.05, 0) is 34.9 Å². The molecule has 0 aliphatic heterocycles. The molecule has 0 radical (unpaired) electrons. The molecule has 4 heterocycles. The number of rotatable bonds is 5. The van der Waals surface area contributed by atoms with Crippen molar-refractivity contribution in [3.8, 4) is 44.8 Å². The third-order valence-electron chi connectivity index (χ3n) is 5.83. The summed E-state index contributed by atoms with van der Waals surface area (Å²) in [6.45, 7) is 0. The summed E-state index contributed by atoms with van der Waals surface area (Å²) < 4.78 is 27.7. The van der Waals surface area contributed by atoms with E-state index in [0.717, 1.165) is 34.6 Å². The Hall–Kier alpha value is -5.27. The van der Waals surface area contributed by atoms with Crippen molar-refractivity contribution >= 4 is 17.5 Å². The van der Waals surface area contributed by atoms with E-state index < -0.39 is 11.6 Å². The van der Waals surface area contributed by atoms with Gasteiger partial charge in [0.2, 0.25) is 11.2 Å². The van der Waals surface area contributed by atoms with Crippen LogP contribution in [-0.4, -0.2) is 29.9 Å². The summed E-state index contributed by atoms with van der Waals surface area (Å²) in [5.41, 5.74) is 7.50. The second-order valence-electron chi connectivity index (χ2n) is 8.53. The molecule has 0 saturated carbocycles. The molecule has 0 unspecified atom stereocenters. The van der Waals surface area contributed by atoms with Crippen LogP contribution in [0.2, 0.25) is 5.28 Å². The van der Waals surface area contributed by atoms with E-state index in [1.54, 1.807) is 24.8 Å². The lowest BCUT2D eigenvalue weighted by atomic mass is 10.0. The summed E-state index contributed by atoms with van der Waals surface area (Å²) in [7, 11) is 0. The summed E-state index contributed by atoms with van der Waals surface area (Å²) in [5, 5.41) is 0.00603. The third-order valence-corrected chi connectivity index (χ3v) is 6.01. The molecule has 4 aromatic heterocycles. The number of nitrogens with zero attached hydrogens (tertiary/aromatic N) is 6.